The number of nitrogens with zero attached hydrogens (tertiary/aromatic N) is 4. The summed E-state index contributed by atoms with van der Waals surface area (Å²) in [5.41, 5.74) is 0. The summed E-state index contributed by atoms with van der Waals surface area (Å²) in [4.78, 5) is 13.6. The van der Waals surface area contributed by atoms with Crippen molar-refractivity contribution in [3.63, 3.8) is 0 Å². The number of aromatic nitrogens is 3. The van der Waals surface area contributed by atoms with Crippen molar-refractivity contribution in [3.05, 3.63) is 10.6 Å². The Labute approximate surface area is 110 Å². The second-order valence-corrected chi connectivity index (χ2v) is 4.10. The van der Waals surface area contributed by atoms with E-state index in [0.29, 0.717) is 19.1 Å². The van der Waals surface area contributed by atoms with Gasteiger partial charge in [-0.1, -0.05) is 0 Å². The molecular weight excluding hydrogens is 265 g/mol. The average Bonchev–Trinajstić information content (AvgIpc) is 2.25. The topological polar surface area (TPSA) is 63.2 Å². The molecule has 0 fully saturated rings. The highest BCUT2D eigenvalue weighted by Crippen LogP contribution is 2.08. The van der Waals surface area contributed by atoms with Gasteiger partial charge in [-0.25, -0.2) is 0 Å². The molecule has 0 unspecified atom stereocenters. The Kier molecular flexibility index (Phi) is 6.43. The Hall–Kier alpha value is -0.690. The number of halogens is 2. The zero-order chi connectivity index (χ0) is 12.7. The molecule has 0 aliphatic heterocycles. The van der Waals surface area contributed by atoms with E-state index in [2.05, 4.69) is 25.2 Å². The van der Waals surface area contributed by atoms with Gasteiger partial charge in [-0.05, 0) is 30.2 Å². The SMILES string of the molecule is COCCN(C)CCNc1nc(Cl)nc(Cl)n1. The number of anilines is 1. The fraction of sp³-hybridized carbons (Fsp3) is 0.667. The van der Waals surface area contributed by atoms with Gasteiger partial charge in [0.05, 0.1) is 6.61 Å². The van der Waals surface area contributed by atoms with Crippen molar-refractivity contribution >= 4 is 29.2 Å². The molecule has 1 heterocycles. The molecule has 0 saturated carbocycles. The molecule has 0 radical (unpaired) electrons. The maximum Gasteiger partial charge on any atom is 0.228 e. The molecule has 0 aliphatic rings. The first-order chi connectivity index (χ1) is 8.11. The Balaban J connectivity index is 2.30. The molecule has 0 spiro atoms. The Morgan fingerprint density at radius 2 is 1.82 bits per heavy atom. The number of methoxy groups -OCH3 is 1. The number of likely N-dealkylation sites (N-methyl/N-ethyl adjacent to an activating group) is 1. The van der Waals surface area contributed by atoms with Crippen LogP contribution in [0.3, 0.4) is 0 Å². The molecule has 1 aromatic heterocycles. The van der Waals surface area contributed by atoms with E-state index in [-0.39, 0.29) is 10.6 Å². The van der Waals surface area contributed by atoms with Gasteiger partial charge >= 0.3 is 0 Å². The molecule has 0 amide bonds. The van der Waals surface area contributed by atoms with Gasteiger partial charge in [0.15, 0.2) is 0 Å². The molecule has 1 N–H and O–H groups in total. The van der Waals surface area contributed by atoms with Crippen molar-refractivity contribution in [1.82, 2.24) is 19.9 Å². The van der Waals surface area contributed by atoms with Crippen LogP contribution >= 0.6 is 23.2 Å². The van der Waals surface area contributed by atoms with Crippen LogP contribution in [0, 0.1) is 0 Å². The molecule has 0 aromatic carbocycles. The lowest BCUT2D eigenvalue weighted by Gasteiger charge is -2.15. The minimum absolute atomic E-state index is 0.0836. The van der Waals surface area contributed by atoms with Crippen LogP contribution in [0.15, 0.2) is 0 Å². The highest BCUT2D eigenvalue weighted by molar-refractivity contribution is 6.31. The lowest BCUT2D eigenvalue weighted by molar-refractivity contribution is 0.163. The van der Waals surface area contributed by atoms with Crippen molar-refractivity contribution < 1.29 is 4.74 Å². The number of hydrogen-bond donors (Lipinski definition) is 1. The smallest absolute Gasteiger partial charge is 0.228 e. The van der Waals surface area contributed by atoms with Crippen molar-refractivity contribution in [2.45, 2.75) is 0 Å². The number of rotatable bonds is 7. The molecule has 0 saturated heterocycles. The molecule has 96 valence electrons. The lowest BCUT2D eigenvalue weighted by Crippen LogP contribution is -2.28. The summed E-state index contributed by atoms with van der Waals surface area (Å²) in [6.07, 6.45) is 0. The molecule has 6 nitrogen and oxygen atoms in total. The fourth-order valence-electron chi connectivity index (χ4n) is 1.12. The summed E-state index contributed by atoms with van der Waals surface area (Å²) in [7, 11) is 3.69. The molecule has 0 bridgehead atoms. The van der Waals surface area contributed by atoms with Gasteiger partial charge in [0, 0.05) is 26.7 Å². The highest BCUT2D eigenvalue weighted by Gasteiger charge is 2.03. The third-order valence-corrected chi connectivity index (χ3v) is 2.37. The van der Waals surface area contributed by atoms with Crippen LogP contribution in [0.4, 0.5) is 5.95 Å². The zero-order valence-electron chi connectivity index (χ0n) is 9.78. The summed E-state index contributed by atoms with van der Waals surface area (Å²) >= 11 is 11.3. The van der Waals surface area contributed by atoms with Crippen molar-refractivity contribution in [3.8, 4) is 0 Å². The standard InChI is InChI=1S/C9H15Cl2N5O/c1-16(5-6-17-2)4-3-12-9-14-7(10)13-8(11)15-9/h3-6H2,1-2H3,(H,12,13,14,15). The van der Waals surface area contributed by atoms with Gasteiger partial charge in [-0.3, -0.25) is 0 Å². The van der Waals surface area contributed by atoms with E-state index in [0.717, 1.165) is 13.1 Å². The van der Waals surface area contributed by atoms with Gasteiger partial charge in [-0.2, -0.15) is 15.0 Å². The molecule has 8 heteroatoms. The van der Waals surface area contributed by atoms with Gasteiger partial charge in [-0.15, -0.1) is 0 Å². The molecule has 1 aromatic rings. The van der Waals surface area contributed by atoms with E-state index in [1.54, 1.807) is 7.11 Å². The monoisotopic (exact) mass is 279 g/mol. The molecule has 17 heavy (non-hydrogen) atoms. The third-order valence-electron chi connectivity index (χ3n) is 2.03. The minimum Gasteiger partial charge on any atom is -0.383 e. The average molecular weight is 280 g/mol. The normalized spacial score (nSPS) is 10.9. The second-order valence-electron chi connectivity index (χ2n) is 3.42. The van der Waals surface area contributed by atoms with Gasteiger partial charge < -0.3 is 15.0 Å². The van der Waals surface area contributed by atoms with E-state index in [1.807, 2.05) is 7.05 Å². The Bertz CT molecular complexity index is 332. The molecular formula is C9H15Cl2N5O. The first kappa shape index (κ1) is 14.4. The second kappa shape index (κ2) is 7.60. The lowest BCUT2D eigenvalue weighted by atomic mass is 10.5. The fourth-order valence-corrected chi connectivity index (χ4v) is 1.49. The van der Waals surface area contributed by atoms with Crippen LogP contribution in [-0.2, 0) is 4.74 Å². The summed E-state index contributed by atoms with van der Waals surface area (Å²) in [5.74, 6) is 0.384. The van der Waals surface area contributed by atoms with Crippen molar-refractivity contribution in [2.75, 3.05) is 45.7 Å². The Morgan fingerprint density at radius 1 is 1.18 bits per heavy atom. The summed E-state index contributed by atoms with van der Waals surface area (Å²) in [5, 5.41) is 3.19. The van der Waals surface area contributed by atoms with Gasteiger partial charge in [0.2, 0.25) is 16.5 Å². The van der Waals surface area contributed by atoms with Crippen LogP contribution in [0.2, 0.25) is 10.6 Å². The Morgan fingerprint density at radius 3 is 2.41 bits per heavy atom. The van der Waals surface area contributed by atoms with E-state index < -0.39 is 0 Å². The third kappa shape index (κ3) is 5.97. The zero-order valence-corrected chi connectivity index (χ0v) is 11.3. The number of hydrogen-bond acceptors (Lipinski definition) is 6. The summed E-state index contributed by atoms with van der Waals surface area (Å²) in [6, 6.07) is 0. The molecule has 0 aliphatic carbocycles. The van der Waals surface area contributed by atoms with Crippen LogP contribution in [0.1, 0.15) is 0 Å². The summed E-state index contributed by atoms with van der Waals surface area (Å²) < 4.78 is 4.98. The maximum absolute atomic E-state index is 5.65. The van der Waals surface area contributed by atoms with E-state index in [1.165, 1.54) is 0 Å². The quantitative estimate of drug-likeness (QED) is 0.809. The van der Waals surface area contributed by atoms with E-state index in [9.17, 15) is 0 Å². The highest BCUT2D eigenvalue weighted by atomic mass is 35.5. The number of nitrogens with one attached hydrogen (secondary N) is 1. The van der Waals surface area contributed by atoms with Crippen LogP contribution in [0.25, 0.3) is 0 Å². The maximum atomic E-state index is 5.65. The van der Waals surface area contributed by atoms with Gasteiger partial charge in [0.1, 0.15) is 0 Å². The predicted molar refractivity (Wildman–Crippen MR) is 67.7 cm³/mol. The van der Waals surface area contributed by atoms with Crippen molar-refractivity contribution in [1.29, 1.82) is 0 Å². The largest absolute Gasteiger partial charge is 0.383 e. The first-order valence-electron chi connectivity index (χ1n) is 5.10. The van der Waals surface area contributed by atoms with Gasteiger partial charge in [0.25, 0.3) is 0 Å². The van der Waals surface area contributed by atoms with E-state index in [4.69, 9.17) is 27.9 Å². The first-order valence-corrected chi connectivity index (χ1v) is 5.86. The van der Waals surface area contributed by atoms with Crippen LogP contribution in [0.5, 0.6) is 0 Å². The molecule has 0 atom stereocenters. The number of ether oxygens (including phenoxy) is 1. The van der Waals surface area contributed by atoms with E-state index >= 15 is 0 Å². The van der Waals surface area contributed by atoms with Crippen molar-refractivity contribution in [2.24, 2.45) is 0 Å². The van der Waals surface area contributed by atoms with Crippen LogP contribution < -0.4 is 5.32 Å². The predicted octanol–water partition coefficient (Wildman–Crippen LogP) is 1.17. The van der Waals surface area contributed by atoms with Crippen LogP contribution in [-0.4, -0.2) is 60.3 Å². The minimum atomic E-state index is 0.0836. The molecule has 1 rings (SSSR count). The summed E-state index contributed by atoms with van der Waals surface area (Å²) in [6.45, 7) is 3.11.